The lowest BCUT2D eigenvalue weighted by Gasteiger charge is -2.08. The molecule has 0 unspecified atom stereocenters. The highest BCUT2D eigenvalue weighted by Gasteiger charge is 2.09. The van der Waals surface area contributed by atoms with Gasteiger partial charge in [0, 0.05) is 15.7 Å². The summed E-state index contributed by atoms with van der Waals surface area (Å²) < 4.78 is 19.5. The molecule has 0 saturated carbocycles. The molecule has 2 rings (SSSR count). The van der Waals surface area contributed by atoms with Crippen LogP contribution in [0.1, 0.15) is 5.56 Å². The highest BCUT2D eigenvalue weighted by molar-refractivity contribution is 9.10. The summed E-state index contributed by atoms with van der Waals surface area (Å²) in [5.41, 5.74) is 0.860. The Bertz CT molecular complexity index is 562. The third kappa shape index (κ3) is 2.96. The average Bonchev–Trinajstić information content (AvgIpc) is 2.27. The van der Waals surface area contributed by atoms with Gasteiger partial charge in [0.05, 0.1) is 0 Å². The molecule has 1 heterocycles. The summed E-state index contributed by atoms with van der Waals surface area (Å²) in [6.07, 6.45) is 1.47. The summed E-state index contributed by atoms with van der Waals surface area (Å²) in [7, 11) is 0. The van der Waals surface area contributed by atoms with Crippen LogP contribution >= 0.6 is 27.5 Å². The van der Waals surface area contributed by atoms with Crippen LogP contribution in [0.3, 0.4) is 0 Å². The van der Waals surface area contributed by atoms with Crippen LogP contribution in [0.2, 0.25) is 5.02 Å². The molecule has 2 nitrogen and oxygen atoms in total. The molecule has 0 amide bonds. The Morgan fingerprint density at radius 1 is 1.35 bits per heavy atom. The zero-order chi connectivity index (χ0) is 12.4. The Labute approximate surface area is 112 Å². The largest absolute Gasteiger partial charge is 0.436 e. The second-order valence-electron chi connectivity index (χ2n) is 3.45. The van der Waals surface area contributed by atoms with E-state index in [1.54, 1.807) is 18.2 Å². The van der Waals surface area contributed by atoms with Gasteiger partial charge in [0.2, 0.25) is 0 Å². The molecule has 5 heteroatoms. The fourth-order valence-electron chi connectivity index (χ4n) is 1.27. The van der Waals surface area contributed by atoms with Gasteiger partial charge in [-0.3, -0.25) is 0 Å². The van der Waals surface area contributed by atoms with E-state index in [1.165, 1.54) is 12.3 Å². The van der Waals surface area contributed by atoms with Gasteiger partial charge in [0.15, 0.2) is 5.82 Å². The highest BCUT2D eigenvalue weighted by Crippen LogP contribution is 2.28. The van der Waals surface area contributed by atoms with Gasteiger partial charge in [0.1, 0.15) is 5.75 Å². The fraction of sp³-hybridized carbons (Fsp3) is 0.0833. The Morgan fingerprint density at radius 3 is 2.82 bits per heavy atom. The topological polar surface area (TPSA) is 22.1 Å². The summed E-state index contributed by atoms with van der Waals surface area (Å²) >= 11 is 8.98. The zero-order valence-electron chi connectivity index (χ0n) is 8.88. The predicted octanol–water partition coefficient (Wildman–Crippen LogP) is 4.74. The lowest BCUT2D eigenvalue weighted by molar-refractivity contribution is 0.420. The van der Waals surface area contributed by atoms with Crippen LogP contribution in [0.5, 0.6) is 11.6 Å². The fourth-order valence-corrected chi connectivity index (χ4v) is 1.73. The summed E-state index contributed by atoms with van der Waals surface area (Å²) in [5, 5.41) is 0.531. The van der Waals surface area contributed by atoms with Crippen LogP contribution in [-0.4, -0.2) is 4.98 Å². The molecule has 0 bridgehead atoms. The van der Waals surface area contributed by atoms with E-state index >= 15 is 0 Å². The maximum absolute atomic E-state index is 13.5. The number of rotatable bonds is 2. The molecule has 0 atom stereocenters. The van der Waals surface area contributed by atoms with Crippen molar-refractivity contribution in [3.8, 4) is 11.6 Å². The van der Waals surface area contributed by atoms with Gasteiger partial charge in [-0.05, 0) is 46.6 Å². The molecule has 1 aromatic carbocycles. The molecule has 0 radical (unpaired) electrons. The van der Waals surface area contributed by atoms with Gasteiger partial charge in [-0.1, -0.05) is 17.7 Å². The van der Waals surface area contributed by atoms with Crippen molar-refractivity contribution in [1.82, 2.24) is 4.98 Å². The Kier molecular flexibility index (Phi) is 3.64. The van der Waals surface area contributed by atoms with Gasteiger partial charge in [-0.2, -0.15) is 0 Å². The molecule has 88 valence electrons. The standard InChI is InChI=1S/C12H8BrClFNO/c1-7-2-3-9(14)5-11(7)17-12-10(15)4-8(13)6-16-12/h2-6H,1H3. The Hall–Kier alpha value is -1.13. The van der Waals surface area contributed by atoms with E-state index in [-0.39, 0.29) is 5.88 Å². The third-order valence-corrected chi connectivity index (χ3v) is 2.80. The maximum atomic E-state index is 13.5. The first-order valence-corrected chi connectivity index (χ1v) is 5.98. The van der Waals surface area contributed by atoms with Gasteiger partial charge in [0.25, 0.3) is 5.88 Å². The number of benzene rings is 1. The van der Waals surface area contributed by atoms with Crippen LogP contribution in [0.4, 0.5) is 4.39 Å². The van der Waals surface area contributed by atoms with E-state index in [0.29, 0.717) is 15.2 Å². The number of aromatic nitrogens is 1. The third-order valence-electron chi connectivity index (χ3n) is 2.13. The van der Waals surface area contributed by atoms with Crippen molar-refractivity contribution in [2.75, 3.05) is 0 Å². The van der Waals surface area contributed by atoms with Gasteiger partial charge < -0.3 is 4.74 Å². The predicted molar refractivity (Wildman–Crippen MR) is 68.2 cm³/mol. The van der Waals surface area contributed by atoms with Crippen LogP contribution in [0.25, 0.3) is 0 Å². The highest BCUT2D eigenvalue weighted by atomic mass is 79.9. The zero-order valence-corrected chi connectivity index (χ0v) is 11.2. The molecule has 2 aromatic rings. The van der Waals surface area contributed by atoms with Crippen molar-refractivity contribution < 1.29 is 9.13 Å². The molecular weight excluding hydrogens is 308 g/mol. The Balaban J connectivity index is 2.34. The quantitative estimate of drug-likeness (QED) is 0.798. The molecule has 0 aliphatic carbocycles. The number of pyridine rings is 1. The number of hydrogen-bond donors (Lipinski definition) is 0. The molecule has 0 spiro atoms. The normalized spacial score (nSPS) is 10.4. The van der Waals surface area contributed by atoms with Crippen molar-refractivity contribution in [2.45, 2.75) is 6.92 Å². The summed E-state index contributed by atoms with van der Waals surface area (Å²) in [6.45, 7) is 1.85. The second-order valence-corrected chi connectivity index (χ2v) is 4.80. The molecule has 17 heavy (non-hydrogen) atoms. The number of ether oxygens (including phenoxy) is 1. The van der Waals surface area contributed by atoms with Crippen molar-refractivity contribution in [3.63, 3.8) is 0 Å². The molecule has 0 aliphatic heterocycles. The monoisotopic (exact) mass is 315 g/mol. The first-order valence-electron chi connectivity index (χ1n) is 4.81. The molecule has 0 fully saturated rings. The number of nitrogens with zero attached hydrogens (tertiary/aromatic N) is 1. The van der Waals surface area contributed by atoms with Crippen molar-refractivity contribution >= 4 is 27.5 Å². The minimum atomic E-state index is -0.529. The van der Waals surface area contributed by atoms with Crippen LogP contribution in [-0.2, 0) is 0 Å². The van der Waals surface area contributed by atoms with E-state index in [0.717, 1.165) is 5.56 Å². The smallest absolute Gasteiger partial charge is 0.255 e. The lowest BCUT2D eigenvalue weighted by atomic mass is 10.2. The Morgan fingerprint density at radius 2 is 2.12 bits per heavy atom. The van der Waals surface area contributed by atoms with Crippen molar-refractivity contribution in [1.29, 1.82) is 0 Å². The average molecular weight is 317 g/mol. The summed E-state index contributed by atoms with van der Waals surface area (Å²) in [5.74, 6) is -0.108. The van der Waals surface area contributed by atoms with Crippen LogP contribution in [0, 0.1) is 12.7 Å². The van der Waals surface area contributed by atoms with Gasteiger partial charge in [-0.25, -0.2) is 9.37 Å². The van der Waals surface area contributed by atoms with Crippen molar-refractivity contribution in [2.24, 2.45) is 0 Å². The second kappa shape index (κ2) is 5.02. The molecule has 1 aromatic heterocycles. The first-order chi connectivity index (χ1) is 8.06. The summed E-state index contributed by atoms with van der Waals surface area (Å²) in [6, 6.07) is 6.46. The minimum absolute atomic E-state index is 0.0708. The van der Waals surface area contributed by atoms with Gasteiger partial charge in [-0.15, -0.1) is 0 Å². The van der Waals surface area contributed by atoms with Crippen LogP contribution < -0.4 is 4.74 Å². The molecular formula is C12H8BrClFNO. The van der Waals surface area contributed by atoms with E-state index in [9.17, 15) is 4.39 Å². The minimum Gasteiger partial charge on any atom is -0.436 e. The number of halogens is 3. The molecule has 0 saturated heterocycles. The number of aryl methyl sites for hydroxylation is 1. The molecule has 0 N–H and O–H groups in total. The van der Waals surface area contributed by atoms with E-state index in [4.69, 9.17) is 16.3 Å². The van der Waals surface area contributed by atoms with Gasteiger partial charge >= 0.3 is 0 Å². The van der Waals surface area contributed by atoms with Crippen molar-refractivity contribution in [3.05, 3.63) is 51.3 Å². The van der Waals surface area contributed by atoms with E-state index < -0.39 is 5.82 Å². The lowest BCUT2D eigenvalue weighted by Crippen LogP contribution is -1.93. The van der Waals surface area contributed by atoms with Crippen LogP contribution in [0.15, 0.2) is 34.9 Å². The SMILES string of the molecule is Cc1ccc(Cl)cc1Oc1ncc(Br)cc1F. The molecule has 0 aliphatic rings. The first kappa shape index (κ1) is 12.3. The van der Waals surface area contributed by atoms with E-state index in [2.05, 4.69) is 20.9 Å². The maximum Gasteiger partial charge on any atom is 0.255 e. The summed E-state index contributed by atoms with van der Waals surface area (Å²) in [4.78, 5) is 3.86. The number of hydrogen-bond acceptors (Lipinski definition) is 2. The van der Waals surface area contributed by atoms with E-state index in [1.807, 2.05) is 6.92 Å².